The molecule has 0 unspecified atom stereocenters. The Labute approximate surface area is 152 Å². The SMILES string of the molecule is Cc1ccc(-n2[nH]c(C)c(N=Nc3ccc(Cl)c([N+](=O)[O-])c3)c2=O)cc1. The van der Waals surface area contributed by atoms with Crippen molar-refractivity contribution in [1.82, 2.24) is 9.78 Å². The molecule has 1 N–H and O–H groups in total. The van der Waals surface area contributed by atoms with Gasteiger partial charge in [0, 0.05) is 6.07 Å². The average Bonchev–Trinajstić information content (AvgIpc) is 2.89. The van der Waals surface area contributed by atoms with Crippen LogP contribution in [0.1, 0.15) is 11.3 Å². The van der Waals surface area contributed by atoms with Gasteiger partial charge in [0.2, 0.25) is 0 Å². The molecule has 0 bridgehead atoms. The first kappa shape index (κ1) is 17.6. The van der Waals surface area contributed by atoms with E-state index in [1.165, 1.54) is 22.9 Å². The molecule has 0 saturated heterocycles. The van der Waals surface area contributed by atoms with Gasteiger partial charge in [-0.2, -0.15) is 5.11 Å². The highest BCUT2D eigenvalue weighted by atomic mass is 35.5. The number of aromatic nitrogens is 2. The number of hydrogen-bond acceptors (Lipinski definition) is 5. The Morgan fingerprint density at radius 2 is 1.81 bits per heavy atom. The van der Waals surface area contributed by atoms with Gasteiger partial charge in [0.25, 0.3) is 11.2 Å². The molecule has 0 aliphatic heterocycles. The standard InChI is InChI=1S/C17H14ClN5O3/c1-10-3-6-13(7-4-10)22-17(24)16(11(2)21-22)20-19-12-5-8-14(18)15(9-12)23(25)26/h3-9,21H,1-2H3. The van der Waals surface area contributed by atoms with Crippen LogP contribution in [0.5, 0.6) is 0 Å². The number of H-pyrrole nitrogens is 1. The number of rotatable bonds is 4. The van der Waals surface area contributed by atoms with E-state index in [1.807, 2.05) is 31.2 Å². The molecule has 2 aromatic carbocycles. The maximum Gasteiger partial charge on any atom is 0.299 e. The third-order valence-electron chi connectivity index (χ3n) is 3.72. The summed E-state index contributed by atoms with van der Waals surface area (Å²) < 4.78 is 1.37. The number of aryl methyl sites for hydroxylation is 2. The molecular formula is C17H14ClN5O3. The van der Waals surface area contributed by atoms with E-state index in [9.17, 15) is 14.9 Å². The molecular weight excluding hydrogens is 358 g/mol. The fourth-order valence-electron chi connectivity index (χ4n) is 2.34. The van der Waals surface area contributed by atoms with E-state index in [0.29, 0.717) is 11.4 Å². The Morgan fingerprint density at radius 1 is 1.12 bits per heavy atom. The fraction of sp³-hybridized carbons (Fsp3) is 0.118. The van der Waals surface area contributed by atoms with Crippen molar-refractivity contribution in [3.63, 3.8) is 0 Å². The van der Waals surface area contributed by atoms with Crippen molar-refractivity contribution in [1.29, 1.82) is 0 Å². The minimum atomic E-state index is -0.604. The Kier molecular flexibility index (Phi) is 4.68. The fourth-order valence-corrected chi connectivity index (χ4v) is 2.53. The van der Waals surface area contributed by atoms with Crippen LogP contribution in [0.4, 0.5) is 17.1 Å². The van der Waals surface area contributed by atoms with E-state index in [4.69, 9.17) is 11.6 Å². The summed E-state index contributed by atoms with van der Waals surface area (Å²) in [4.78, 5) is 22.9. The summed E-state index contributed by atoms with van der Waals surface area (Å²) in [7, 11) is 0. The summed E-state index contributed by atoms with van der Waals surface area (Å²) >= 11 is 5.77. The quantitative estimate of drug-likeness (QED) is 0.406. The first-order valence-corrected chi connectivity index (χ1v) is 7.99. The van der Waals surface area contributed by atoms with Gasteiger partial charge in [-0.05, 0) is 38.1 Å². The summed E-state index contributed by atoms with van der Waals surface area (Å²) in [5, 5.41) is 21.8. The molecule has 0 amide bonds. The van der Waals surface area contributed by atoms with Crippen LogP contribution >= 0.6 is 11.6 Å². The van der Waals surface area contributed by atoms with Gasteiger partial charge in [-0.25, -0.2) is 4.68 Å². The molecule has 0 aliphatic carbocycles. The number of nitro benzene ring substituents is 1. The topological polar surface area (TPSA) is 106 Å². The number of nitro groups is 1. The number of nitrogens with zero attached hydrogens (tertiary/aromatic N) is 4. The maximum absolute atomic E-state index is 12.6. The zero-order chi connectivity index (χ0) is 18.8. The lowest BCUT2D eigenvalue weighted by Crippen LogP contribution is -2.13. The molecule has 0 spiro atoms. The highest BCUT2D eigenvalue weighted by Gasteiger charge is 2.14. The van der Waals surface area contributed by atoms with Gasteiger partial charge in [0.05, 0.1) is 22.0 Å². The molecule has 0 saturated carbocycles. The van der Waals surface area contributed by atoms with Crippen LogP contribution in [-0.2, 0) is 0 Å². The predicted molar refractivity (Wildman–Crippen MR) is 98.1 cm³/mol. The summed E-state index contributed by atoms with van der Waals surface area (Å²) in [6.45, 7) is 3.65. The second kappa shape index (κ2) is 6.93. The minimum Gasteiger partial charge on any atom is -0.293 e. The molecule has 0 atom stereocenters. The van der Waals surface area contributed by atoms with Crippen molar-refractivity contribution in [3.05, 3.63) is 79.2 Å². The third-order valence-corrected chi connectivity index (χ3v) is 4.04. The molecule has 1 aromatic heterocycles. The van der Waals surface area contributed by atoms with Crippen LogP contribution in [0.3, 0.4) is 0 Å². The molecule has 3 rings (SSSR count). The van der Waals surface area contributed by atoms with Crippen molar-refractivity contribution in [2.75, 3.05) is 0 Å². The third kappa shape index (κ3) is 3.40. The Hall–Kier alpha value is -3.26. The molecule has 8 nitrogen and oxygen atoms in total. The normalized spacial score (nSPS) is 11.2. The first-order chi connectivity index (χ1) is 12.4. The second-order valence-corrected chi connectivity index (χ2v) is 6.06. The average molecular weight is 372 g/mol. The van der Waals surface area contributed by atoms with Gasteiger partial charge in [0.1, 0.15) is 5.02 Å². The zero-order valence-electron chi connectivity index (χ0n) is 13.9. The highest BCUT2D eigenvalue weighted by molar-refractivity contribution is 6.32. The van der Waals surface area contributed by atoms with Gasteiger partial charge in [0.15, 0.2) is 5.69 Å². The van der Waals surface area contributed by atoms with Gasteiger partial charge < -0.3 is 0 Å². The van der Waals surface area contributed by atoms with Gasteiger partial charge in [-0.1, -0.05) is 29.3 Å². The first-order valence-electron chi connectivity index (χ1n) is 7.61. The number of benzene rings is 2. The maximum atomic E-state index is 12.6. The van der Waals surface area contributed by atoms with E-state index in [2.05, 4.69) is 15.3 Å². The zero-order valence-corrected chi connectivity index (χ0v) is 14.7. The molecule has 26 heavy (non-hydrogen) atoms. The van der Waals surface area contributed by atoms with E-state index < -0.39 is 4.92 Å². The molecule has 1 heterocycles. The minimum absolute atomic E-state index is 0.00787. The van der Waals surface area contributed by atoms with Crippen molar-refractivity contribution in [2.24, 2.45) is 10.2 Å². The van der Waals surface area contributed by atoms with Gasteiger partial charge in [-0.3, -0.25) is 20.0 Å². The number of aromatic amines is 1. The molecule has 3 aromatic rings. The van der Waals surface area contributed by atoms with Crippen LogP contribution in [0.15, 0.2) is 57.5 Å². The number of azo groups is 1. The smallest absolute Gasteiger partial charge is 0.293 e. The summed E-state index contributed by atoms with van der Waals surface area (Å²) in [5.74, 6) is 0. The van der Waals surface area contributed by atoms with Crippen molar-refractivity contribution >= 4 is 28.7 Å². The van der Waals surface area contributed by atoms with Crippen molar-refractivity contribution in [3.8, 4) is 5.69 Å². The predicted octanol–water partition coefficient (Wildman–Crippen LogP) is 4.76. The van der Waals surface area contributed by atoms with E-state index in [0.717, 1.165) is 5.56 Å². The van der Waals surface area contributed by atoms with Gasteiger partial charge in [-0.15, -0.1) is 5.11 Å². The summed E-state index contributed by atoms with van der Waals surface area (Å²) in [6, 6.07) is 11.5. The van der Waals surface area contributed by atoms with Crippen LogP contribution in [0.2, 0.25) is 5.02 Å². The molecule has 9 heteroatoms. The van der Waals surface area contributed by atoms with E-state index in [-0.39, 0.29) is 27.6 Å². The van der Waals surface area contributed by atoms with Crippen LogP contribution in [-0.4, -0.2) is 14.7 Å². The van der Waals surface area contributed by atoms with Crippen molar-refractivity contribution in [2.45, 2.75) is 13.8 Å². The van der Waals surface area contributed by atoms with Crippen LogP contribution < -0.4 is 5.56 Å². The summed E-state index contributed by atoms with van der Waals surface area (Å²) in [6.07, 6.45) is 0. The largest absolute Gasteiger partial charge is 0.299 e. The lowest BCUT2D eigenvalue weighted by Gasteiger charge is -2.01. The Morgan fingerprint density at radius 3 is 2.46 bits per heavy atom. The van der Waals surface area contributed by atoms with Crippen LogP contribution in [0.25, 0.3) is 5.69 Å². The molecule has 0 radical (unpaired) electrons. The van der Waals surface area contributed by atoms with Crippen LogP contribution in [0, 0.1) is 24.0 Å². The lowest BCUT2D eigenvalue weighted by atomic mass is 10.2. The lowest BCUT2D eigenvalue weighted by molar-refractivity contribution is -0.384. The molecule has 0 fully saturated rings. The van der Waals surface area contributed by atoms with E-state index in [1.54, 1.807) is 6.92 Å². The van der Waals surface area contributed by atoms with Crippen molar-refractivity contribution < 1.29 is 4.92 Å². The number of halogens is 1. The van der Waals surface area contributed by atoms with E-state index >= 15 is 0 Å². The summed E-state index contributed by atoms with van der Waals surface area (Å²) in [5.41, 5.74) is 2.00. The second-order valence-electron chi connectivity index (χ2n) is 5.65. The number of hydrogen-bond donors (Lipinski definition) is 1. The number of nitrogens with one attached hydrogen (secondary N) is 1. The highest BCUT2D eigenvalue weighted by Crippen LogP contribution is 2.29. The molecule has 0 aliphatic rings. The Bertz CT molecular complexity index is 1070. The Balaban J connectivity index is 1.97. The monoisotopic (exact) mass is 371 g/mol. The van der Waals surface area contributed by atoms with Gasteiger partial charge >= 0.3 is 0 Å². The molecule has 132 valence electrons.